The van der Waals surface area contributed by atoms with Crippen molar-refractivity contribution < 1.29 is 8.42 Å². The van der Waals surface area contributed by atoms with Crippen LogP contribution in [-0.4, -0.2) is 25.5 Å². The summed E-state index contributed by atoms with van der Waals surface area (Å²) in [6, 6.07) is 7.95. The fraction of sp³-hybridized carbons (Fsp3) is 0.625. The standard InChI is InChI=1S/C16H27NO2S/c1-6-13(4)20(18,19)14(5)16(17-7-2)15-10-8-12(3)9-11-15/h8-11,13-14,16-17H,6-7H2,1-5H3. The average Bonchev–Trinajstić information content (AvgIpc) is 2.44. The molecule has 1 aromatic carbocycles. The summed E-state index contributed by atoms with van der Waals surface area (Å²) in [6.45, 7) is 10.3. The van der Waals surface area contributed by atoms with Crippen LogP contribution in [0.25, 0.3) is 0 Å². The second-order valence-electron chi connectivity index (χ2n) is 5.46. The summed E-state index contributed by atoms with van der Waals surface area (Å²) in [5.74, 6) is 0. The molecule has 4 heteroatoms. The number of rotatable bonds is 7. The average molecular weight is 297 g/mol. The molecule has 1 N–H and O–H groups in total. The lowest BCUT2D eigenvalue weighted by atomic mass is 10.0. The minimum absolute atomic E-state index is 0.153. The zero-order valence-corrected chi connectivity index (χ0v) is 14.0. The molecule has 0 spiro atoms. The fourth-order valence-corrected chi connectivity index (χ4v) is 4.17. The molecule has 20 heavy (non-hydrogen) atoms. The topological polar surface area (TPSA) is 46.2 Å². The van der Waals surface area contributed by atoms with Gasteiger partial charge in [0.25, 0.3) is 0 Å². The second kappa shape index (κ2) is 7.23. The van der Waals surface area contributed by atoms with Crippen LogP contribution in [0.5, 0.6) is 0 Å². The maximum atomic E-state index is 12.6. The molecule has 0 radical (unpaired) electrons. The van der Waals surface area contributed by atoms with Crippen molar-refractivity contribution in [2.75, 3.05) is 6.54 Å². The molecule has 3 atom stereocenters. The van der Waals surface area contributed by atoms with E-state index in [4.69, 9.17) is 0 Å². The Balaban J connectivity index is 3.10. The Morgan fingerprint density at radius 2 is 1.65 bits per heavy atom. The Bertz CT molecular complexity index is 508. The van der Waals surface area contributed by atoms with Gasteiger partial charge in [0.05, 0.1) is 10.5 Å². The summed E-state index contributed by atoms with van der Waals surface area (Å²) in [5.41, 5.74) is 2.22. The number of benzene rings is 1. The van der Waals surface area contributed by atoms with E-state index in [1.165, 1.54) is 5.56 Å². The van der Waals surface area contributed by atoms with Gasteiger partial charge in [-0.15, -0.1) is 0 Å². The van der Waals surface area contributed by atoms with Gasteiger partial charge in [-0.25, -0.2) is 8.42 Å². The van der Waals surface area contributed by atoms with Gasteiger partial charge >= 0.3 is 0 Å². The van der Waals surface area contributed by atoms with Gasteiger partial charge in [-0.2, -0.15) is 0 Å². The van der Waals surface area contributed by atoms with Crippen molar-refractivity contribution >= 4 is 9.84 Å². The summed E-state index contributed by atoms with van der Waals surface area (Å²) in [4.78, 5) is 0. The molecule has 0 aliphatic heterocycles. The zero-order valence-electron chi connectivity index (χ0n) is 13.2. The van der Waals surface area contributed by atoms with Crippen molar-refractivity contribution in [3.63, 3.8) is 0 Å². The third-order valence-electron chi connectivity index (χ3n) is 3.98. The predicted molar refractivity (Wildman–Crippen MR) is 85.7 cm³/mol. The highest BCUT2D eigenvalue weighted by molar-refractivity contribution is 7.92. The molecule has 1 rings (SSSR count). The zero-order chi connectivity index (χ0) is 15.3. The van der Waals surface area contributed by atoms with Crippen LogP contribution in [0.2, 0.25) is 0 Å². The molecule has 1 aromatic rings. The van der Waals surface area contributed by atoms with E-state index < -0.39 is 15.1 Å². The van der Waals surface area contributed by atoms with Crippen molar-refractivity contribution in [3.05, 3.63) is 35.4 Å². The van der Waals surface area contributed by atoms with Crippen molar-refractivity contribution in [2.45, 2.75) is 57.6 Å². The summed E-state index contributed by atoms with van der Waals surface area (Å²) in [5, 5.41) is 2.59. The largest absolute Gasteiger partial charge is 0.309 e. The summed E-state index contributed by atoms with van der Waals surface area (Å²) >= 11 is 0. The van der Waals surface area contributed by atoms with Crippen molar-refractivity contribution in [3.8, 4) is 0 Å². The SMILES string of the molecule is CCNC(c1ccc(C)cc1)C(C)S(=O)(=O)C(C)CC. The number of sulfone groups is 1. The molecule has 0 bridgehead atoms. The highest BCUT2D eigenvalue weighted by Gasteiger charge is 2.33. The molecular weight excluding hydrogens is 270 g/mol. The van der Waals surface area contributed by atoms with E-state index in [0.29, 0.717) is 6.42 Å². The first kappa shape index (κ1) is 17.2. The number of hydrogen-bond donors (Lipinski definition) is 1. The van der Waals surface area contributed by atoms with Crippen LogP contribution >= 0.6 is 0 Å². The Kier molecular flexibility index (Phi) is 6.21. The molecule has 3 nitrogen and oxygen atoms in total. The van der Waals surface area contributed by atoms with Gasteiger partial charge in [0.2, 0.25) is 0 Å². The second-order valence-corrected chi connectivity index (χ2v) is 8.19. The van der Waals surface area contributed by atoms with E-state index in [9.17, 15) is 8.42 Å². The lowest BCUT2D eigenvalue weighted by Crippen LogP contribution is -2.39. The van der Waals surface area contributed by atoms with Gasteiger partial charge in [0.1, 0.15) is 0 Å². The first-order chi connectivity index (χ1) is 9.34. The monoisotopic (exact) mass is 297 g/mol. The molecule has 0 fully saturated rings. The molecule has 3 unspecified atom stereocenters. The fourth-order valence-electron chi connectivity index (χ4n) is 2.34. The highest BCUT2D eigenvalue weighted by Crippen LogP contribution is 2.26. The number of nitrogens with one attached hydrogen (secondary N) is 1. The van der Waals surface area contributed by atoms with E-state index in [1.807, 2.05) is 52.0 Å². The van der Waals surface area contributed by atoms with E-state index in [0.717, 1.165) is 12.1 Å². The van der Waals surface area contributed by atoms with Gasteiger partial charge in [-0.1, -0.05) is 43.7 Å². The lowest BCUT2D eigenvalue weighted by molar-refractivity contribution is 0.502. The van der Waals surface area contributed by atoms with Crippen molar-refractivity contribution in [1.82, 2.24) is 5.32 Å². The molecule has 0 aromatic heterocycles. The van der Waals surface area contributed by atoms with E-state index in [-0.39, 0.29) is 11.3 Å². The summed E-state index contributed by atoms with van der Waals surface area (Å²) < 4.78 is 25.2. The highest BCUT2D eigenvalue weighted by atomic mass is 32.2. The maximum Gasteiger partial charge on any atom is 0.157 e. The van der Waals surface area contributed by atoms with Crippen LogP contribution in [0.4, 0.5) is 0 Å². The van der Waals surface area contributed by atoms with E-state index in [1.54, 1.807) is 6.92 Å². The molecule has 0 heterocycles. The Hall–Kier alpha value is -0.870. The summed E-state index contributed by atoms with van der Waals surface area (Å²) in [7, 11) is -3.13. The van der Waals surface area contributed by atoms with Crippen LogP contribution in [-0.2, 0) is 9.84 Å². The Labute approximate surface area is 123 Å². The molecular formula is C16H27NO2S. The van der Waals surface area contributed by atoms with Crippen LogP contribution in [0.3, 0.4) is 0 Å². The third-order valence-corrected chi connectivity index (χ3v) is 6.75. The molecule has 114 valence electrons. The van der Waals surface area contributed by atoms with Crippen LogP contribution < -0.4 is 5.32 Å². The number of hydrogen-bond acceptors (Lipinski definition) is 3. The van der Waals surface area contributed by atoms with Gasteiger partial charge in [-0.05, 0) is 39.3 Å². The minimum atomic E-state index is -3.13. The molecule has 0 saturated carbocycles. The van der Waals surface area contributed by atoms with Crippen molar-refractivity contribution in [2.24, 2.45) is 0 Å². The molecule has 0 saturated heterocycles. The third kappa shape index (κ3) is 3.83. The van der Waals surface area contributed by atoms with Gasteiger partial charge in [0, 0.05) is 6.04 Å². The minimum Gasteiger partial charge on any atom is -0.309 e. The molecule has 0 amide bonds. The Morgan fingerprint density at radius 3 is 2.10 bits per heavy atom. The first-order valence-electron chi connectivity index (χ1n) is 7.37. The molecule has 0 aliphatic carbocycles. The summed E-state index contributed by atoms with van der Waals surface area (Å²) in [6.07, 6.45) is 0.652. The van der Waals surface area contributed by atoms with Gasteiger partial charge < -0.3 is 5.32 Å². The van der Waals surface area contributed by atoms with Gasteiger partial charge in [-0.3, -0.25) is 0 Å². The maximum absolute atomic E-state index is 12.6. The predicted octanol–water partition coefficient (Wildman–Crippen LogP) is 3.25. The number of aryl methyl sites for hydroxylation is 1. The first-order valence-corrected chi connectivity index (χ1v) is 8.98. The Morgan fingerprint density at radius 1 is 1.10 bits per heavy atom. The van der Waals surface area contributed by atoms with Gasteiger partial charge in [0.15, 0.2) is 9.84 Å². The quantitative estimate of drug-likeness (QED) is 0.840. The van der Waals surface area contributed by atoms with E-state index in [2.05, 4.69) is 5.32 Å². The van der Waals surface area contributed by atoms with Crippen LogP contribution in [0, 0.1) is 6.92 Å². The van der Waals surface area contributed by atoms with Crippen LogP contribution in [0.1, 0.15) is 51.3 Å². The lowest BCUT2D eigenvalue weighted by Gasteiger charge is -2.27. The van der Waals surface area contributed by atoms with E-state index >= 15 is 0 Å². The van der Waals surface area contributed by atoms with Crippen LogP contribution in [0.15, 0.2) is 24.3 Å². The van der Waals surface area contributed by atoms with Crippen molar-refractivity contribution in [1.29, 1.82) is 0 Å². The smallest absolute Gasteiger partial charge is 0.157 e. The normalized spacial score (nSPS) is 16.6. The molecule has 0 aliphatic rings.